The molecule has 0 radical (unpaired) electrons. The van der Waals surface area contributed by atoms with Gasteiger partial charge in [-0.2, -0.15) is 0 Å². The normalized spacial score (nSPS) is 21.6. The van der Waals surface area contributed by atoms with E-state index >= 15 is 0 Å². The molecule has 4 rings (SSSR count). The number of hydrogen-bond acceptors (Lipinski definition) is 3. The van der Waals surface area contributed by atoms with Crippen LogP contribution in [0.3, 0.4) is 0 Å². The molecule has 0 bridgehead atoms. The van der Waals surface area contributed by atoms with Crippen LogP contribution in [-0.4, -0.2) is 57.4 Å². The Hall–Kier alpha value is -2.57. The molecule has 1 atom stereocenters. The lowest BCUT2D eigenvalue weighted by atomic mass is 10.1. The van der Waals surface area contributed by atoms with Crippen molar-refractivity contribution < 1.29 is 24.1 Å². The molecule has 0 saturated carbocycles. The predicted octanol–water partition coefficient (Wildman–Crippen LogP) is -0.0817. The van der Waals surface area contributed by atoms with Gasteiger partial charge in [0.15, 0.2) is 18.0 Å². The van der Waals surface area contributed by atoms with Crippen molar-refractivity contribution >= 4 is 5.91 Å². The Balaban J connectivity index is 1.25. The summed E-state index contributed by atoms with van der Waals surface area (Å²) in [6, 6.07) is 16.5. The van der Waals surface area contributed by atoms with E-state index in [0.717, 1.165) is 44.2 Å². The van der Waals surface area contributed by atoms with Gasteiger partial charge in [0.1, 0.15) is 32.7 Å². The van der Waals surface area contributed by atoms with Crippen molar-refractivity contribution in [2.75, 3.05) is 46.6 Å². The van der Waals surface area contributed by atoms with Crippen LogP contribution in [0.4, 0.5) is 0 Å². The van der Waals surface area contributed by atoms with Crippen molar-refractivity contribution in [3.63, 3.8) is 0 Å². The molecule has 1 amide bonds. The highest BCUT2D eigenvalue weighted by molar-refractivity contribution is 5.77. The van der Waals surface area contributed by atoms with Crippen LogP contribution in [0, 0.1) is 0 Å². The zero-order valence-corrected chi connectivity index (χ0v) is 17.3. The summed E-state index contributed by atoms with van der Waals surface area (Å²) in [7, 11) is 1.92. The number of fused-ring (bicyclic) bond motifs is 1. The highest BCUT2D eigenvalue weighted by Gasteiger charge is 2.28. The fraction of sp³-hybridized carbons (Fsp3) is 0.435. The first-order valence-corrected chi connectivity index (χ1v) is 10.5. The third kappa shape index (κ3) is 4.71. The van der Waals surface area contributed by atoms with Gasteiger partial charge in [-0.05, 0) is 30.7 Å². The number of likely N-dealkylation sites (N-methyl/N-ethyl adjacent to an activating group) is 1. The van der Waals surface area contributed by atoms with E-state index < -0.39 is 0 Å². The Morgan fingerprint density at radius 1 is 1.00 bits per heavy atom. The molecule has 154 valence electrons. The van der Waals surface area contributed by atoms with Crippen LogP contribution in [0.15, 0.2) is 48.5 Å². The van der Waals surface area contributed by atoms with E-state index in [-0.39, 0.29) is 11.9 Å². The summed E-state index contributed by atoms with van der Waals surface area (Å²) in [6.45, 7) is 8.19. The number of benzene rings is 2. The maximum absolute atomic E-state index is 12.8. The molecule has 2 aromatic carbocycles. The van der Waals surface area contributed by atoms with Crippen LogP contribution < -0.4 is 19.3 Å². The maximum Gasteiger partial charge on any atom is 0.278 e. The molecule has 1 fully saturated rings. The molecule has 0 aliphatic carbocycles. The molecule has 1 saturated heterocycles. The topological polar surface area (TPSA) is 47.7 Å². The lowest BCUT2D eigenvalue weighted by Crippen LogP contribution is -3.28. The van der Waals surface area contributed by atoms with E-state index in [2.05, 4.69) is 31.2 Å². The molecular formula is C23H31N3O3+2. The number of piperazine rings is 1. The fourth-order valence-electron chi connectivity index (χ4n) is 4.16. The van der Waals surface area contributed by atoms with Crippen molar-refractivity contribution in [2.24, 2.45) is 0 Å². The Kier molecular flexibility index (Phi) is 6.02. The van der Waals surface area contributed by atoms with Gasteiger partial charge in [0.05, 0.1) is 6.04 Å². The van der Waals surface area contributed by atoms with Crippen LogP contribution in [-0.2, 0) is 11.3 Å². The number of rotatable bonds is 6. The summed E-state index contributed by atoms with van der Waals surface area (Å²) < 4.78 is 10.9. The average molecular weight is 398 g/mol. The molecule has 6 heteroatoms. The first-order chi connectivity index (χ1) is 14.1. The zero-order chi connectivity index (χ0) is 20.2. The Bertz CT molecular complexity index is 835. The quantitative estimate of drug-likeness (QED) is 0.717. The molecule has 6 nitrogen and oxygen atoms in total. The smallest absolute Gasteiger partial charge is 0.278 e. The van der Waals surface area contributed by atoms with Gasteiger partial charge in [-0.1, -0.05) is 30.3 Å². The summed E-state index contributed by atoms with van der Waals surface area (Å²) in [5.74, 6) is 1.91. The van der Waals surface area contributed by atoms with Gasteiger partial charge in [-0.15, -0.1) is 0 Å². The van der Waals surface area contributed by atoms with Gasteiger partial charge in [-0.3, -0.25) is 4.79 Å². The van der Waals surface area contributed by atoms with Crippen molar-refractivity contribution in [2.45, 2.75) is 19.5 Å². The Labute approximate surface area is 172 Å². The highest BCUT2D eigenvalue weighted by atomic mass is 16.7. The number of nitrogens with one attached hydrogen (secondary N) is 2. The fourth-order valence-corrected chi connectivity index (χ4v) is 4.16. The van der Waals surface area contributed by atoms with Crippen molar-refractivity contribution in [3.05, 3.63) is 59.7 Å². The van der Waals surface area contributed by atoms with E-state index in [4.69, 9.17) is 9.47 Å². The van der Waals surface area contributed by atoms with Gasteiger partial charge in [0.2, 0.25) is 6.79 Å². The summed E-state index contributed by atoms with van der Waals surface area (Å²) in [5, 5.41) is 0. The minimum absolute atomic E-state index is 0.0982. The van der Waals surface area contributed by atoms with Crippen molar-refractivity contribution in [1.29, 1.82) is 0 Å². The largest absolute Gasteiger partial charge is 0.454 e. The van der Waals surface area contributed by atoms with Gasteiger partial charge < -0.3 is 24.2 Å². The number of carbonyl (C=O) groups is 1. The van der Waals surface area contributed by atoms with E-state index in [1.54, 1.807) is 4.90 Å². The van der Waals surface area contributed by atoms with Crippen LogP contribution >= 0.6 is 0 Å². The Morgan fingerprint density at radius 3 is 2.45 bits per heavy atom. The second-order valence-electron chi connectivity index (χ2n) is 8.13. The maximum atomic E-state index is 12.8. The van der Waals surface area contributed by atoms with Gasteiger partial charge >= 0.3 is 0 Å². The minimum Gasteiger partial charge on any atom is -0.454 e. The van der Waals surface area contributed by atoms with E-state index in [9.17, 15) is 4.79 Å². The van der Waals surface area contributed by atoms with Crippen LogP contribution in [0.2, 0.25) is 0 Å². The molecule has 2 aromatic rings. The van der Waals surface area contributed by atoms with Gasteiger partial charge in [-0.25, -0.2) is 0 Å². The molecule has 0 aromatic heterocycles. The molecule has 2 N–H and O–H groups in total. The summed E-state index contributed by atoms with van der Waals surface area (Å²) >= 11 is 0. The van der Waals surface area contributed by atoms with E-state index in [1.807, 2.05) is 36.2 Å². The zero-order valence-electron chi connectivity index (χ0n) is 17.3. The number of hydrogen-bond donors (Lipinski definition) is 2. The molecule has 2 aliphatic rings. The standard InChI is InChI=1S/C23H29N3O3/c1-18(20-6-4-3-5-7-20)24(2)23(27)16-26-12-10-25(11-13-26)15-19-8-9-21-22(14-19)29-17-28-21/h3-9,14,18H,10-13,15-17H2,1-2H3/p+2/t18-/m0/s1. The van der Waals surface area contributed by atoms with E-state index in [0.29, 0.717) is 13.3 Å². The number of amides is 1. The average Bonchev–Trinajstić information content (AvgIpc) is 3.22. The van der Waals surface area contributed by atoms with Crippen LogP contribution in [0.25, 0.3) is 0 Å². The highest BCUT2D eigenvalue weighted by Crippen LogP contribution is 2.32. The number of nitrogens with zero attached hydrogens (tertiary/aromatic N) is 1. The first kappa shape index (κ1) is 19.7. The van der Waals surface area contributed by atoms with E-state index in [1.165, 1.54) is 16.0 Å². The monoisotopic (exact) mass is 397 g/mol. The summed E-state index contributed by atoms with van der Waals surface area (Å²) in [4.78, 5) is 17.6. The summed E-state index contributed by atoms with van der Waals surface area (Å²) in [5.41, 5.74) is 2.46. The molecule has 0 unspecified atom stereocenters. The van der Waals surface area contributed by atoms with Gasteiger partial charge in [0, 0.05) is 12.6 Å². The third-order valence-electron chi connectivity index (χ3n) is 6.21. The third-order valence-corrected chi connectivity index (χ3v) is 6.21. The van der Waals surface area contributed by atoms with Crippen LogP contribution in [0.5, 0.6) is 11.5 Å². The minimum atomic E-state index is 0.0982. The van der Waals surface area contributed by atoms with Crippen LogP contribution in [0.1, 0.15) is 24.1 Å². The van der Waals surface area contributed by atoms with Crippen molar-refractivity contribution in [1.82, 2.24) is 4.90 Å². The molecule has 2 heterocycles. The van der Waals surface area contributed by atoms with Gasteiger partial charge in [0.25, 0.3) is 5.91 Å². The molecule has 0 spiro atoms. The summed E-state index contributed by atoms with van der Waals surface area (Å²) in [6.07, 6.45) is 0. The second kappa shape index (κ2) is 8.84. The van der Waals surface area contributed by atoms with Crippen molar-refractivity contribution in [3.8, 4) is 11.5 Å². The number of quaternary nitrogens is 2. The Morgan fingerprint density at radius 2 is 1.69 bits per heavy atom. The lowest BCUT2D eigenvalue weighted by molar-refractivity contribution is -1.02. The molecule has 29 heavy (non-hydrogen) atoms. The lowest BCUT2D eigenvalue weighted by Gasteiger charge is -2.31. The molecular weight excluding hydrogens is 366 g/mol. The SMILES string of the molecule is C[C@@H](c1ccccc1)N(C)C(=O)C[NH+]1CC[NH+](Cc2ccc3c(c2)OCO3)CC1. The number of ether oxygens (including phenoxy) is 2. The first-order valence-electron chi connectivity index (χ1n) is 10.5. The molecule has 2 aliphatic heterocycles. The second-order valence-corrected chi connectivity index (χ2v) is 8.13. The predicted molar refractivity (Wildman–Crippen MR) is 110 cm³/mol. The number of carbonyl (C=O) groups excluding carboxylic acids is 1.